The van der Waals surface area contributed by atoms with Crippen LogP contribution in [0.5, 0.6) is 0 Å². The molecule has 0 unspecified atom stereocenters. The largest absolute Gasteiger partial charge is 0.447 e. The van der Waals surface area contributed by atoms with Gasteiger partial charge in [0.2, 0.25) is 0 Å². The number of halogens is 4. The Morgan fingerprint density at radius 3 is 2.46 bits per heavy atom. The Morgan fingerprint density at radius 2 is 1.88 bits per heavy atom. The van der Waals surface area contributed by atoms with E-state index in [-0.39, 0.29) is 34.8 Å². The van der Waals surface area contributed by atoms with Crippen LogP contribution in [0.2, 0.25) is 5.02 Å². The van der Waals surface area contributed by atoms with Gasteiger partial charge in [0.15, 0.2) is 5.96 Å². The number of hydrogen-bond acceptors (Lipinski definition) is 8. The predicted molar refractivity (Wildman–Crippen MR) is 175 cm³/mol. The lowest BCUT2D eigenvalue weighted by molar-refractivity contribution is -0.164. The average Bonchev–Trinajstić information content (AvgIpc) is 3.39. The normalized spacial score (nSPS) is 14.6. The minimum Gasteiger partial charge on any atom is -0.447 e. The molecule has 1 aliphatic rings. The standard InChI is InChI=1S/C32H34ClF3N8O3S/c1-30(2,3)13-15-39-28(37)44(27(45)21-6-4-20(5-7-21)26-10-14-41-48-26)25(17-47-29(46)42-31(11-12-31)32(34,35)36)22-8-9-23(33)24(16-22)43-19-38-18-40-43/h4-10,14,16,18-19,25H,11-13,15,17H2,1-3H3,(H2,37,39)(H,42,46)/t25-/m1/s1. The van der Waals surface area contributed by atoms with Crippen LogP contribution in [0.4, 0.5) is 18.0 Å². The Kier molecular flexibility index (Phi) is 10.1. The summed E-state index contributed by atoms with van der Waals surface area (Å²) in [6.07, 6.45) is -1.43. The van der Waals surface area contributed by atoms with Gasteiger partial charge in [-0.3, -0.25) is 15.1 Å². The van der Waals surface area contributed by atoms with Gasteiger partial charge in [0.05, 0.1) is 21.6 Å². The summed E-state index contributed by atoms with van der Waals surface area (Å²) >= 11 is 7.78. The first-order chi connectivity index (χ1) is 22.7. The summed E-state index contributed by atoms with van der Waals surface area (Å²) in [4.78, 5) is 33.1. The lowest BCUT2D eigenvalue weighted by atomic mass is 9.92. The minimum absolute atomic E-state index is 0.0880. The van der Waals surface area contributed by atoms with E-state index in [2.05, 4.69) is 19.8 Å². The van der Waals surface area contributed by atoms with E-state index in [1.165, 1.54) is 28.9 Å². The van der Waals surface area contributed by atoms with Crippen LogP contribution in [0.15, 0.2) is 67.4 Å². The number of alkyl carbamates (subject to hydrolysis) is 1. The van der Waals surface area contributed by atoms with Gasteiger partial charge in [0.1, 0.15) is 24.8 Å². The van der Waals surface area contributed by atoms with Crippen molar-refractivity contribution in [3.8, 4) is 16.1 Å². The molecular formula is C32H34ClF3N8O3S. The van der Waals surface area contributed by atoms with Gasteiger partial charge >= 0.3 is 12.3 Å². The highest BCUT2D eigenvalue weighted by Crippen LogP contribution is 2.49. The average molecular weight is 703 g/mol. The van der Waals surface area contributed by atoms with Crippen LogP contribution < -0.4 is 10.6 Å². The zero-order chi connectivity index (χ0) is 34.7. The number of ether oxygens (including phenoxy) is 1. The molecule has 0 spiro atoms. The van der Waals surface area contributed by atoms with Crippen molar-refractivity contribution < 1.29 is 27.5 Å². The molecule has 2 aromatic carbocycles. The maximum atomic E-state index is 14.3. The first-order valence-electron chi connectivity index (χ1n) is 15.0. The molecule has 1 saturated carbocycles. The topological polar surface area (TPSA) is 138 Å². The molecule has 3 N–H and O–H groups in total. The summed E-state index contributed by atoms with van der Waals surface area (Å²) < 4.78 is 51.7. The number of hydrogen-bond donors (Lipinski definition) is 3. The Bertz CT molecular complexity index is 1740. The van der Waals surface area contributed by atoms with E-state index >= 15 is 0 Å². The molecule has 0 saturated heterocycles. The summed E-state index contributed by atoms with van der Waals surface area (Å²) in [5.74, 6) is -0.907. The van der Waals surface area contributed by atoms with Crippen LogP contribution in [0.3, 0.4) is 0 Å². The van der Waals surface area contributed by atoms with Crippen LogP contribution in [0.25, 0.3) is 16.1 Å². The monoisotopic (exact) mass is 702 g/mol. The van der Waals surface area contributed by atoms with Crippen molar-refractivity contribution >= 4 is 41.1 Å². The number of rotatable bonds is 10. The number of carbonyl (C=O) groups is 2. The molecule has 0 aliphatic heterocycles. The van der Waals surface area contributed by atoms with Gasteiger partial charge in [-0.05, 0) is 77.7 Å². The molecule has 1 atom stereocenters. The number of alkyl halides is 3. The lowest BCUT2D eigenvalue weighted by Gasteiger charge is -2.33. The number of aromatic nitrogens is 4. The fourth-order valence-electron chi connectivity index (χ4n) is 4.88. The maximum absolute atomic E-state index is 14.3. The maximum Gasteiger partial charge on any atom is 0.411 e. The molecule has 5 rings (SSSR count). The van der Waals surface area contributed by atoms with E-state index in [0.717, 1.165) is 15.3 Å². The Labute approximate surface area is 284 Å². The smallest absolute Gasteiger partial charge is 0.411 e. The van der Waals surface area contributed by atoms with Crippen molar-refractivity contribution in [1.82, 2.24) is 34.7 Å². The molecule has 0 bridgehead atoms. The minimum atomic E-state index is -4.65. The van der Waals surface area contributed by atoms with Crippen molar-refractivity contribution in [3.63, 3.8) is 0 Å². The number of guanidine groups is 1. The second-order valence-electron chi connectivity index (χ2n) is 12.6. The van der Waals surface area contributed by atoms with Crippen molar-refractivity contribution in [2.24, 2.45) is 5.41 Å². The van der Waals surface area contributed by atoms with Crippen molar-refractivity contribution in [2.45, 2.75) is 57.8 Å². The summed E-state index contributed by atoms with van der Waals surface area (Å²) in [6, 6.07) is 12.1. The van der Waals surface area contributed by atoms with E-state index in [9.17, 15) is 22.8 Å². The third-order valence-corrected chi connectivity index (χ3v) is 8.94. The Balaban J connectivity index is 1.52. The summed E-state index contributed by atoms with van der Waals surface area (Å²) in [5, 5.41) is 18.4. The van der Waals surface area contributed by atoms with Gasteiger partial charge in [-0.2, -0.15) is 18.3 Å². The van der Waals surface area contributed by atoms with E-state index < -0.39 is 36.4 Å². The molecule has 48 heavy (non-hydrogen) atoms. The van der Waals surface area contributed by atoms with E-state index in [1.807, 2.05) is 32.2 Å². The number of nitrogens with one attached hydrogen (secondary N) is 3. The lowest BCUT2D eigenvalue weighted by Crippen LogP contribution is -2.50. The first kappa shape index (κ1) is 34.8. The second kappa shape index (κ2) is 13.9. The molecule has 16 heteroatoms. The van der Waals surface area contributed by atoms with Crippen molar-refractivity contribution in [2.75, 3.05) is 13.2 Å². The number of benzene rings is 2. The molecule has 254 valence electrons. The number of nitrogens with zero attached hydrogens (tertiary/aromatic N) is 5. The summed E-state index contributed by atoms with van der Waals surface area (Å²) in [6.45, 7) is 5.85. The van der Waals surface area contributed by atoms with Crippen LogP contribution in [-0.4, -0.2) is 66.9 Å². The molecule has 0 radical (unpaired) electrons. The van der Waals surface area contributed by atoms with Gasteiger partial charge in [0, 0.05) is 18.3 Å². The molecular weight excluding hydrogens is 669 g/mol. The fourth-order valence-corrected chi connectivity index (χ4v) is 5.68. The molecule has 11 nitrogen and oxygen atoms in total. The van der Waals surface area contributed by atoms with Gasteiger partial charge in [0.25, 0.3) is 5.91 Å². The van der Waals surface area contributed by atoms with Crippen molar-refractivity contribution in [1.29, 1.82) is 5.41 Å². The number of amides is 2. The molecule has 1 aliphatic carbocycles. The van der Waals surface area contributed by atoms with E-state index in [0.29, 0.717) is 24.2 Å². The Morgan fingerprint density at radius 1 is 1.15 bits per heavy atom. The van der Waals surface area contributed by atoms with Crippen LogP contribution in [0.1, 0.15) is 62.0 Å². The fraction of sp³-hybridized carbons (Fsp3) is 0.375. The van der Waals surface area contributed by atoms with Gasteiger partial charge in [-0.15, -0.1) is 0 Å². The van der Waals surface area contributed by atoms with Crippen molar-refractivity contribution in [3.05, 3.63) is 83.5 Å². The van der Waals surface area contributed by atoms with E-state index in [1.54, 1.807) is 48.7 Å². The molecule has 2 amide bonds. The number of carbonyl (C=O) groups excluding carboxylic acids is 2. The Hall–Kier alpha value is -4.50. The van der Waals surface area contributed by atoms with E-state index in [4.69, 9.17) is 21.7 Å². The quantitative estimate of drug-likeness (QED) is 0.119. The molecule has 2 aromatic heterocycles. The van der Waals surface area contributed by atoms with Gasteiger partial charge in [-0.1, -0.05) is 50.6 Å². The van der Waals surface area contributed by atoms with Crippen LogP contribution in [0, 0.1) is 10.8 Å². The summed E-state index contributed by atoms with van der Waals surface area (Å²) in [5.41, 5.74) is -0.634. The summed E-state index contributed by atoms with van der Waals surface area (Å²) in [7, 11) is 0. The zero-order valence-corrected chi connectivity index (χ0v) is 27.9. The third-order valence-electron chi connectivity index (χ3n) is 7.82. The zero-order valence-electron chi connectivity index (χ0n) is 26.3. The highest BCUT2D eigenvalue weighted by molar-refractivity contribution is 7.09. The second-order valence-corrected chi connectivity index (χ2v) is 13.8. The molecule has 2 heterocycles. The SMILES string of the molecule is CC(C)(C)CCNC(=N)N(C(=O)c1ccc(-c2ccns2)cc1)[C@H](COC(=O)NC1(C(F)(F)F)CC1)c1ccc(Cl)c(-n2cncn2)c1. The van der Waals surface area contributed by atoms with Gasteiger partial charge in [-0.25, -0.2) is 18.8 Å². The third kappa shape index (κ3) is 8.13. The van der Waals surface area contributed by atoms with Gasteiger partial charge < -0.3 is 15.4 Å². The molecule has 1 fully saturated rings. The highest BCUT2D eigenvalue weighted by Gasteiger charge is 2.64. The molecule has 4 aromatic rings. The van der Waals surface area contributed by atoms with Crippen LogP contribution >= 0.6 is 23.1 Å². The van der Waals surface area contributed by atoms with Crippen LogP contribution in [-0.2, 0) is 4.74 Å². The highest BCUT2D eigenvalue weighted by atomic mass is 35.5. The first-order valence-corrected chi connectivity index (χ1v) is 16.2. The predicted octanol–water partition coefficient (Wildman–Crippen LogP) is 7.01.